The van der Waals surface area contributed by atoms with Crippen LogP contribution in [0.5, 0.6) is 0 Å². The monoisotopic (exact) mass is 408 g/mol. The minimum atomic E-state index is -0.359. The number of rotatable bonds is 5. The summed E-state index contributed by atoms with van der Waals surface area (Å²) in [5.74, 6) is -0.616. The molecule has 3 aromatic rings. The van der Waals surface area contributed by atoms with E-state index in [2.05, 4.69) is 5.32 Å². The van der Waals surface area contributed by atoms with E-state index in [0.29, 0.717) is 16.8 Å². The number of hydrogen-bond donors (Lipinski definition) is 2. The number of aryl methyl sites for hydroxylation is 2. The topological polar surface area (TPSA) is 59.2 Å². The van der Waals surface area contributed by atoms with Gasteiger partial charge in [-0.25, -0.2) is 4.39 Å². The number of aromatic nitrogens is 1. The summed E-state index contributed by atoms with van der Waals surface area (Å²) in [5, 5.41) is 25.9. The predicted molar refractivity (Wildman–Crippen MR) is 114 cm³/mol. The van der Waals surface area contributed by atoms with Crippen molar-refractivity contribution in [2.75, 3.05) is 5.32 Å². The van der Waals surface area contributed by atoms with Crippen LogP contribution in [0.2, 0.25) is 0 Å². The van der Waals surface area contributed by atoms with E-state index in [1.807, 2.05) is 26.0 Å². The lowest BCUT2D eigenvalue weighted by molar-refractivity contribution is -0.578. The second kappa shape index (κ2) is 8.94. The van der Waals surface area contributed by atoms with Gasteiger partial charge in [0.1, 0.15) is 5.82 Å². The molecule has 0 aliphatic rings. The number of halogens is 1. The fourth-order valence-electron chi connectivity index (χ4n) is 2.84. The molecule has 6 heteroatoms. The van der Waals surface area contributed by atoms with Gasteiger partial charge in [-0.05, 0) is 66.6 Å². The Morgan fingerprint density at radius 3 is 2.48 bits per heavy atom. The summed E-state index contributed by atoms with van der Waals surface area (Å²) in [6.07, 6.45) is 3.36. The van der Waals surface area contributed by atoms with Crippen molar-refractivity contribution in [1.82, 2.24) is 0 Å². The number of benzene rings is 2. The molecule has 0 unspecified atom stereocenters. The summed E-state index contributed by atoms with van der Waals surface area (Å²) in [5.41, 5.74) is 4.05. The summed E-state index contributed by atoms with van der Waals surface area (Å²) >= 11 is 5.54. The molecule has 4 nitrogen and oxygen atoms in total. The second-order valence-electron chi connectivity index (χ2n) is 6.72. The van der Waals surface area contributed by atoms with Crippen molar-refractivity contribution in [3.63, 3.8) is 0 Å². The van der Waals surface area contributed by atoms with Crippen LogP contribution in [0.15, 0.2) is 67.0 Å². The van der Waals surface area contributed by atoms with Crippen LogP contribution in [-0.4, -0.2) is 10.1 Å². The van der Waals surface area contributed by atoms with Gasteiger partial charge < -0.3 is 15.5 Å². The Bertz CT molecular complexity index is 1080. The van der Waals surface area contributed by atoms with Gasteiger partial charge >= 0.3 is 0 Å². The fourth-order valence-corrected chi connectivity index (χ4v) is 3.15. The highest BCUT2D eigenvalue weighted by atomic mass is 32.1. The van der Waals surface area contributed by atoms with Crippen molar-refractivity contribution < 1.29 is 19.2 Å². The van der Waals surface area contributed by atoms with Gasteiger partial charge in [0.25, 0.3) is 0 Å². The van der Waals surface area contributed by atoms with Gasteiger partial charge in [-0.2, -0.15) is 4.57 Å². The maximum atomic E-state index is 13.4. The van der Waals surface area contributed by atoms with E-state index >= 15 is 0 Å². The Morgan fingerprint density at radius 1 is 1.10 bits per heavy atom. The quantitative estimate of drug-likeness (QED) is 0.294. The first kappa shape index (κ1) is 20.6. The largest absolute Gasteiger partial charge is 0.867 e. The third kappa shape index (κ3) is 4.85. The molecule has 0 radical (unpaired) electrons. The molecule has 148 valence electrons. The average molecular weight is 408 g/mol. The van der Waals surface area contributed by atoms with Crippen molar-refractivity contribution in [3.8, 4) is 0 Å². The summed E-state index contributed by atoms with van der Waals surface area (Å²) in [4.78, 5) is 0.194. The number of nitrogens with one attached hydrogen (secondary N) is 1. The van der Waals surface area contributed by atoms with Gasteiger partial charge in [0.2, 0.25) is 5.70 Å². The normalized spacial score (nSPS) is 11.7. The second-order valence-corrected chi connectivity index (χ2v) is 7.12. The van der Waals surface area contributed by atoms with E-state index in [-0.39, 0.29) is 28.9 Å². The number of pyridine rings is 1. The van der Waals surface area contributed by atoms with Crippen LogP contribution in [0.1, 0.15) is 22.3 Å². The average Bonchev–Trinajstić information content (AvgIpc) is 2.72. The van der Waals surface area contributed by atoms with Crippen LogP contribution in [0, 0.1) is 19.7 Å². The number of anilines is 1. The van der Waals surface area contributed by atoms with E-state index in [1.165, 1.54) is 12.1 Å². The molecule has 0 bridgehead atoms. The summed E-state index contributed by atoms with van der Waals surface area (Å²) in [6.45, 7) is 3.76. The first-order valence-electron chi connectivity index (χ1n) is 9.06. The lowest BCUT2D eigenvalue weighted by Gasteiger charge is -2.18. The van der Waals surface area contributed by atoms with Gasteiger partial charge in [-0.15, -0.1) is 0 Å². The smallest absolute Gasteiger partial charge is 0.238 e. The van der Waals surface area contributed by atoms with Crippen molar-refractivity contribution in [3.05, 3.63) is 95.1 Å². The molecular formula is C23H21FN2O2S. The van der Waals surface area contributed by atoms with Crippen LogP contribution in [0.3, 0.4) is 0 Å². The zero-order valence-corrected chi connectivity index (χ0v) is 17.0. The number of hydrogen-bond acceptors (Lipinski definition) is 3. The van der Waals surface area contributed by atoms with E-state index in [9.17, 15) is 14.6 Å². The zero-order chi connectivity index (χ0) is 21.0. The van der Waals surface area contributed by atoms with E-state index in [0.717, 1.165) is 11.1 Å². The fraction of sp³-hybridized carbons (Fsp3) is 0.130. The van der Waals surface area contributed by atoms with Crippen molar-refractivity contribution in [1.29, 1.82) is 0 Å². The molecule has 0 amide bonds. The summed E-state index contributed by atoms with van der Waals surface area (Å²) in [7, 11) is 0. The molecule has 29 heavy (non-hydrogen) atoms. The van der Waals surface area contributed by atoms with Crippen molar-refractivity contribution >= 4 is 34.3 Å². The van der Waals surface area contributed by atoms with Crippen molar-refractivity contribution in [2.45, 2.75) is 20.5 Å². The molecule has 0 atom stereocenters. The maximum Gasteiger partial charge on any atom is 0.238 e. The van der Waals surface area contributed by atoms with Gasteiger partial charge in [0, 0.05) is 17.3 Å². The molecule has 0 aliphatic carbocycles. The highest BCUT2D eigenvalue weighted by Gasteiger charge is 2.20. The van der Waals surface area contributed by atoms with Crippen LogP contribution < -0.4 is 15.0 Å². The molecular weight excluding hydrogens is 387 g/mol. The van der Waals surface area contributed by atoms with Gasteiger partial charge in [-0.1, -0.05) is 30.4 Å². The minimum Gasteiger partial charge on any atom is -0.867 e. The van der Waals surface area contributed by atoms with Crippen LogP contribution in [-0.2, 0) is 6.61 Å². The first-order chi connectivity index (χ1) is 13.9. The van der Waals surface area contributed by atoms with Gasteiger partial charge in [0.15, 0.2) is 17.4 Å². The maximum absolute atomic E-state index is 13.4. The number of thiocarbonyl (C=S) groups is 1. The molecule has 0 saturated carbocycles. The lowest BCUT2D eigenvalue weighted by atomic mass is 10.0. The molecule has 2 aromatic carbocycles. The Kier molecular flexibility index (Phi) is 6.36. The Balaban J connectivity index is 2.10. The molecule has 0 aliphatic heterocycles. The minimum absolute atomic E-state index is 0.163. The highest BCUT2D eigenvalue weighted by Crippen LogP contribution is 2.20. The third-order valence-corrected chi connectivity index (χ3v) is 4.90. The molecule has 3 rings (SSSR count). The van der Waals surface area contributed by atoms with Crippen LogP contribution >= 0.6 is 12.2 Å². The Hall–Kier alpha value is -3.09. The molecule has 1 heterocycles. The molecule has 2 N–H and O–H groups in total. The Labute approximate surface area is 174 Å². The van der Waals surface area contributed by atoms with Gasteiger partial charge in [0.05, 0.1) is 6.61 Å². The SMILES string of the molecule is Cc1ccc(C([O-])=C(C(=S)Nc2ccc(F)cc2)[n+]2cccc(CO)c2)cc1C. The lowest BCUT2D eigenvalue weighted by Crippen LogP contribution is -2.40. The Morgan fingerprint density at radius 2 is 1.83 bits per heavy atom. The predicted octanol–water partition coefficient (Wildman–Crippen LogP) is 3.35. The van der Waals surface area contributed by atoms with Gasteiger partial charge in [-0.3, -0.25) is 0 Å². The van der Waals surface area contributed by atoms with Crippen LogP contribution in [0.25, 0.3) is 11.5 Å². The summed E-state index contributed by atoms with van der Waals surface area (Å²) in [6, 6.07) is 14.7. The zero-order valence-electron chi connectivity index (χ0n) is 16.1. The molecule has 1 aromatic heterocycles. The van der Waals surface area contributed by atoms with Crippen molar-refractivity contribution in [2.24, 2.45) is 0 Å². The first-order valence-corrected chi connectivity index (χ1v) is 9.47. The number of aliphatic hydroxyl groups is 1. The summed E-state index contributed by atoms with van der Waals surface area (Å²) < 4.78 is 14.8. The van der Waals surface area contributed by atoms with Crippen LogP contribution in [0.4, 0.5) is 10.1 Å². The van der Waals surface area contributed by atoms with E-state index in [4.69, 9.17) is 12.2 Å². The molecule has 0 saturated heterocycles. The number of nitrogens with zero attached hydrogens (tertiary/aromatic N) is 1. The highest BCUT2D eigenvalue weighted by molar-refractivity contribution is 7.81. The third-order valence-electron chi connectivity index (χ3n) is 4.60. The molecule has 0 spiro atoms. The standard InChI is InChI=1S/C23H21FN2O2S/c1-15-5-6-18(12-16(15)2)22(28)21(26-11-3-4-17(13-26)14-27)23(29)25-20-9-7-19(24)8-10-20/h3-13,27H,14H2,1-2H3,(H-,25,28,29). The number of aliphatic hydroxyl groups excluding tert-OH is 1. The van der Waals surface area contributed by atoms with E-state index in [1.54, 1.807) is 47.3 Å². The van der Waals surface area contributed by atoms with E-state index < -0.39 is 0 Å². The molecule has 0 fully saturated rings.